The van der Waals surface area contributed by atoms with Crippen molar-refractivity contribution in [3.63, 3.8) is 0 Å². The molecule has 5 rings (SSSR count). The Kier molecular flexibility index (Phi) is 9.48. The van der Waals surface area contributed by atoms with Gasteiger partial charge in [0.15, 0.2) is 0 Å². The molecule has 1 atom stereocenters. The fourth-order valence-corrected chi connectivity index (χ4v) is 7.65. The van der Waals surface area contributed by atoms with Gasteiger partial charge in [0.2, 0.25) is 0 Å². The number of likely N-dealkylation sites (N-methyl/N-ethyl adjacent to an activating group) is 1. The van der Waals surface area contributed by atoms with E-state index in [-0.39, 0.29) is 5.41 Å². The molecule has 0 amide bonds. The quantitative estimate of drug-likeness (QED) is 0.224. The van der Waals surface area contributed by atoms with Gasteiger partial charge in [-0.15, -0.1) is 0 Å². The number of hydrogen-bond acceptors (Lipinski definition) is 4. The van der Waals surface area contributed by atoms with Gasteiger partial charge in [-0.1, -0.05) is 67.1 Å². The van der Waals surface area contributed by atoms with Crippen molar-refractivity contribution in [1.29, 1.82) is 0 Å². The Morgan fingerprint density at radius 1 is 0.974 bits per heavy atom. The largest absolute Gasteiger partial charge is 0.497 e. The van der Waals surface area contributed by atoms with Crippen molar-refractivity contribution in [1.82, 2.24) is 9.21 Å². The molecule has 3 nitrogen and oxygen atoms in total. The molecule has 1 fully saturated rings. The van der Waals surface area contributed by atoms with Crippen LogP contribution in [0.2, 0.25) is 0 Å². The molecule has 0 aromatic heterocycles. The van der Waals surface area contributed by atoms with Crippen molar-refractivity contribution < 1.29 is 4.74 Å². The number of likely N-dealkylation sites (tertiary alicyclic amines) is 1. The highest BCUT2D eigenvalue weighted by molar-refractivity contribution is 7.97. The number of nitrogens with zero attached hydrogens (tertiary/aromatic N) is 2. The molecule has 0 N–H and O–H groups in total. The van der Waals surface area contributed by atoms with Crippen LogP contribution < -0.4 is 4.74 Å². The smallest absolute Gasteiger partial charge is 0.120 e. The molecular formula is C34H44N2OS. The van der Waals surface area contributed by atoms with E-state index >= 15 is 0 Å². The summed E-state index contributed by atoms with van der Waals surface area (Å²) in [5, 5.41) is 0. The fraction of sp³-hybridized carbons (Fsp3) is 0.471. The Morgan fingerprint density at radius 2 is 1.76 bits per heavy atom. The van der Waals surface area contributed by atoms with Gasteiger partial charge < -0.3 is 9.64 Å². The van der Waals surface area contributed by atoms with Crippen LogP contribution in [-0.2, 0) is 18.3 Å². The van der Waals surface area contributed by atoms with Crippen LogP contribution >= 0.6 is 11.9 Å². The summed E-state index contributed by atoms with van der Waals surface area (Å²) in [4.78, 5) is 3.99. The first-order chi connectivity index (χ1) is 18.6. The highest BCUT2D eigenvalue weighted by Crippen LogP contribution is 2.44. The summed E-state index contributed by atoms with van der Waals surface area (Å²) in [5.74, 6) is 1.83. The number of rotatable bonds is 12. The topological polar surface area (TPSA) is 15.7 Å². The van der Waals surface area contributed by atoms with Crippen LogP contribution in [0.4, 0.5) is 0 Å². The third kappa shape index (κ3) is 7.02. The van der Waals surface area contributed by atoms with Crippen molar-refractivity contribution >= 4 is 11.9 Å². The molecular weight excluding hydrogens is 484 g/mol. The number of piperidine rings is 1. The van der Waals surface area contributed by atoms with Crippen LogP contribution in [0, 0.1) is 5.92 Å². The normalized spacial score (nSPS) is 20.1. The molecule has 4 heteroatoms. The molecule has 0 spiro atoms. The Labute approximate surface area is 234 Å². The first kappa shape index (κ1) is 27.3. The van der Waals surface area contributed by atoms with Gasteiger partial charge in [0, 0.05) is 16.9 Å². The second-order valence-electron chi connectivity index (χ2n) is 11.4. The molecule has 38 heavy (non-hydrogen) atoms. The molecule has 1 saturated heterocycles. The third-order valence-electron chi connectivity index (χ3n) is 8.82. The average molecular weight is 529 g/mol. The maximum Gasteiger partial charge on any atom is 0.120 e. The van der Waals surface area contributed by atoms with Gasteiger partial charge in [-0.25, -0.2) is 4.31 Å². The van der Waals surface area contributed by atoms with Crippen LogP contribution in [0.1, 0.15) is 55.2 Å². The lowest BCUT2D eigenvalue weighted by Crippen LogP contribution is -2.41. The van der Waals surface area contributed by atoms with E-state index in [0.717, 1.165) is 18.2 Å². The number of fused-ring (bicyclic) bond motifs is 1. The van der Waals surface area contributed by atoms with E-state index in [1.165, 1.54) is 81.5 Å². The van der Waals surface area contributed by atoms with E-state index in [1.807, 2.05) is 18.0 Å². The molecule has 3 aromatic rings. The number of methoxy groups -OCH3 is 1. The highest BCUT2D eigenvalue weighted by Gasteiger charge is 2.39. The van der Waals surface area contributed by atoms with Crippen LogP contribution in [0.25, 0.3) is 0 Å². The van der Waals surface area contributed by atoms with Crippen LogP contribution in [-0.4, -0.2) is 49.5 Å². The highest BCUT2D eigenvalue weighted by atomic mass is 32.2. The molecule has 0 radical (unpaired) electrons. The maximum absolute atomic E-state index is 5.45. The molecule has 1 unspecified atom stereocenters. The van der Waals surface area contributed by atoms with E-state index < -0.39 is 0 Å². The van der Waals surface area contributed by atoms with Crippen LogP contribution in [0.3, 0.4) is 0 Å². The first-order valence-corrected chi connectivity index (χ1v) is 15.3. The van der Waals surface area contributed by atoms with Gasteiger partial charge in [-0.3, -0.25) is 0 Å². The van der Waals surface area contributed by atoms with Gasteiger partial charge in [0.05, 0.1) is 7.11 Å². The van der Waals surface area contributed by atoms with Crippen molar-refractivity contribution in [2.75, 3.05) is 40.3 Å². The molecule has 0 saturated carbocycles. The molecule has 3 aromatic carbocycles. The number of ether oxygens (including phenoxy) is 1. The van der Waals surface area contributed by atoms with Crippen molar-refractivity contribution in [3.8, 4) is 5.75 Å². The Bertz CT molecular complexity index is 1140. The summed E-state index contributed by atoms with van der Waals surface area (Å²) in [5.41, 5.74) is 4.86. The molecule has 0 bridgehead atoms. The summed E-state index contributed by atoms with van der Waals surface area (Å²) in [6, 6.07) is 28.6. The van der Waals surface area contributed by atoms with Crippen LogP contribution in [0.5, 0.6) is 5.75 Å². The van der Waals surface area contributed by atoms with Gasteiger partial charge in [0.1, 0.15) is 5.75 Å². The summed E-state index contributed by atoms with van der Waals surface area (Å²) in [6.45, 7) is 4.81. The molecule has 202 valence electrons. The molecule has 2 aliphatic rings. The molecule has 1 aliphatic heterocycles. The lowest BCUT2D eigenvalue weighted by Gasteiger charge is -2.38. The monoisotopic (exact) mass is 528 g/mol. The molecule has 1 aliphatic carbocycles. The summed E-state index contributed by atoms with van der Waals surface area (Å²) in [7, 11) is 4.00. The number of benzene rings is 3. The Hall–Kier alpha value is -2.27. The van der Waals surface area contributed by atoms with Gasteiger partial charge >= 0.3 is 0 Å². The number of hydrogen-bond donors (Lipinski definition) is 0. The van der Waals surface area contributed by atoms with Crippen LogP contribution in [0.15, 0.2) is 83.8 Å². The van der Waals surface area contributed by atoms with E-state index in [4.69, 9.17) is 4.74 Å². The Morgan fingerprint density at radius 3 is 2.58 bits per heavy atom. The second kappa shape index (κ2) is 13.2. The second-order valence-corrected chi connectivity index (χ2v) is 12.7. The zero-order chi connectivity index (χ0) is 26.2. The lowest BCUT2D eigenvalue weighted by molar-refractivity contribution is 0.158. The van der Waals surface area contributed by atoms with Crippen molar-refractivity contribution in [2.24, 2.45) is 5.92 Å². The SMILES string of the molecule is COc1cccc(SN(C)CC2(CCN3CCC(CCCc4ccccc4)CC3)CCc3ccccc32)c1. The standard InChI is InChI=1S/C34H44N2OS/c1-35(38-32-16-9-15-31(26-32)37-2)27-34(21-18-30-14-6-7-17-33(30)34)22-25-36-23-19-29(20-24-36)13-8-12-28-10-4-3-5-11-28/h3-7,9-11,14-17,26,29H,8,12-13,18-25,27H2,1-2H3. The zero-order valence-corrected chi connectivity index (χ0v) is 24.1. The maximum atomic E-state index is 5.45. The third-order valence-corrected chi connectivity index (χ3v) is 9.73. The minimum Gasteiger partial charge on any atom is -0.497 e. The van der Waals surface area contributed by atoms with Gasteiger partial charge in [-0.05, 0) is 124 Å². The predicted octanol–water partition coefficient (Wildman–Crippen LogP) is 7.64. The summed E-state index contributed by atoms with van der Waals surface area (Å²) < 4.78 is 7.91. The lowest BCUT2D eigenvalue weighted by atomic mass is 9.78. The minimum atomic E-state index is 0.226. The summed E-state index contributed by atoms with van der Waals surface area (Å²) in [6.07, 6.45) is 10.4. The van der Waals surface area contributed by atoms with E-state index in [9.17, 15) is 0 Å². The first-order valence-electron chi connectivity index (χ1n) is 14.5. The average Bonchev–Trinajstić information content (AvgIpc) is 3.31. The zero-order valence-electron chi connectivity index (χ0n) is 23.3. The minimum absolute atomic E-state index is 0.226. The van der Waals surface area contributed by atoms with Gasteiger partial charge in [0.25, 0.3) is 0 Å². The van der Waals surface area contributed by atoms with Crippen molar-refractivity contribution in [3.05, 3.63) is 95.6 Å². The van der Waals surface area contributed by atoms with Crippen molar-refractivity contribution in [2.45, 2.75) is 61.7 Å². The van der Waals surface area contributed by atoms with E-state index in [1.54, 1.807) is 18.2 Å². The number of aryl methyl sites for hydroxylation is 2. The predicted molar refractivity (Wildman–Crippen MR) is 161 cm³/mol. The Balaban J connectivity index is 1.15. The molecule has 1 heterocycles. The van der Waals surface area contributed by atoms with E-state index in [0.29, 0.717) is 0 Å². The van der Waals surface area contributed by atoms with E-state index in [2.05, 4.69) is 89.0 Å². The van der Waals surface area contributed by atoms with Gasteiger partial charge in [-0.2, -0.15) is 0 Å². The fourth-order valence-electron chi connectivity index (χ4n) is 6.67. The summed E-state index contributed by atoms with van der Waals surface area (Å²) >= 11 is 1.84.